The molecule has 10 heteroatoms. The molecule has 0 aromatic rings. The lowest BCUT2D eigenvalue weighted by Crippen LogP contribution is -2.37. The minimum absolute atomic E-state index is 0.0329. The summed E-state index contributed by atoms with van der Waals surface area (Å²) in [5.74, 6) is -0.846. The number of ether oxygens (including phenoxy) is 2. The Hall–Kier alpha value is -1.77. The summed E-state index contributed by atoms with van der Waals surface area (Å²) in [5.41, 5.74) is 0. The lowest BCUT2D eigenvalue weighted by Gasteiger charge is -2.28. The van der Waals surface area contributed by atoms with Crippen molar-refractivity contribution >= 4 is 19.8 Å². The molecule has 0 aliphatic rings. The fraction of sp³-hybridized carbons (Fsp3) is 0.833. The van der Waals surface area contributed by atoms with Gasteiger partial charge in [-0.05, 0) is 70.6 Å². The number of hydrogen-bond acceptors (Lipinski definition) is 8. The number of unbranched alkanes of at least 4 members (excludes halogenated alkanes) is 23. The van der Waals surface area contributed by atoms with Gasteiger partial charge in [-0.1, -0.05) is 159 Å². The minimum atomic E-state index is -4.63. The van der Waals surface area contributed by atoms with Gasteiger partial charge in [-0.3, -0.25) is 14.2 Å². The molecule has 0 saturated heterocycles. The predicted octanol–water partition coefficient (Wildman–Crippen LogP) is 13.1. The Balaban J connectivity index is 4.29. The smallest absolute Gasteiger partial charge is 0.306 e. The first kappa shape index (κ1) is 56.2. The highest BCUT2D eigenvalue weighted by atomic mass is 31.2. The predicted molar refractivity (Wildman–Crippen MR) is 241 cm³/mol. The molecule has 0 aliphatic carbocycles. The zero-order valence-electron chi connectivity index (χ0n) is 38.2. The zero-order valence-corrected chi connectivity index (χ0v) is 39.1. The Morgan fingerprint density at radius 3 is 1.40 bits per heavy atom. The van der Waals surface area contributed by atoms with Crippen LogP contribution >= 0.6 is 7.82 Å². The molecule has 0 bridgehead atoms. The molecule has 2 atom stereocenters. The maximum Gasteiger partial charge on any atom is 0.306 e. The van der Waals surface area contributed by atoms with Gasteiger partial charge < -0.3 is 27.9 Å². The number of hydrogen-bond donors (Lipinski definition) is 0. The van der Waals surface area contributed by atoms with E-state index in [0.29, 0.717) is 17.4 Å². The molecular weight excluding hydrogens is 750 g/mol. The van der Waals surface area contributed by atoms with Crippen molar-refractivity contribution in [1.82, 2.24) is 0 Å². The van der Waals surface area contributed by atoms with Crippen LogP contribution in [0.5, 0.6) is 0 Å². The highest BCUT2D eigenvalue weighted by molar-refractivity contribution is 7.45. The summed E-state index contributed by atoms with van der Waals surface area (Å²) in [4.78, 5) is 37.6. The molecule has 0 heterocycles. The number of phosphoric acid groups is 1. The first-order valence-electron chi connectivity index (χ1n) is 23.7. The monoisotopic (exact) mass is 840 g/mol. The van der Waals surface area contributed by atoms with E-state index in [2.05, 4.69) is 50.3 Å². The first-order valence-corrected chi connectivity index (χ1v) is 25.2. The van der Waals surface area contributed by atoms with Gasteiger partial charge in [0.25, 0.3) is 7.82 Å². The second-order valence-electron chi connectivity index (χ2n) is 17.1. The van der Waals surface area contributed by atoms with Crippen LogP contribution in [0, 0.1) is 0 Å². The van der Waals surface area contributed by atoms with Gasteiger partial charge in [-0.15, -0.1) is 0 Å². The van der Waals surface area contributed by atoms with Crippen LogP contribution in [0.1, 0.15) is 206 Å². The van der Waals surface area contributed by atoms with E-state index < -0.39 is 32.5 Å². The molecule has 0 aromatic carbocycles. The normalized spacial score (nSPS) is 13.8. The van der Waals surface area contributed by atoms with Gasteiger partial charge in [0.15, 0.2) is 6.10 Å². The number of allylic oxidation sites excluding steroid dienone is 6. The minimum Gasteiger partial charge on any atom is -0.756 e. The molecule has 0 saturated carbocycles. The van der Waals surface area contributed by atoms with E-state index in [1.807, 2.05) is 21.1 Å². The number of likely N-dealkylation sites (N-methyl/N-ethyl adjacent to an activating group) is 1. The van der Waals surface area contributed by atoms with E-state index >= 15 is 0 Å². The highest BCUT2D eigenvalue weighted by Gasteiger charge is 2.21. The van der Waals surface area contributed by atoms with Crippen molar-refractivity contribution in [3.8, 4) is 0 Å². The molecule has 0 spiro atoms. The molecular formula is C48H90NO8P. The van der Waals surface area contributed by atoms with Crippen LogP contribution in [0.15, 0.2) is 36.5 Å². The molecule has 9 nitrogen and oxygen atoms in total. The molecule has 0 aromatic heterocycles. The van der Waals surface area contributed by atoms with Crippen molar-refractivity contribution in [2.24, 2.45) is 0 Å². The summed E-state index contributed by atoms with van der Waals surface area (Å²) < 4.78 is 33.9. The highest BCUT2D eigenvalue weighted by Crippen LogP contribution is 2.38. The van der Waals surface area contributed by atoms with E-state index in [1.165, 1.54) is 103 Å². The Bertz CT molecular complexity index is 1090. The van der Waals surface area contributed by atoms with E-state index in [0.717, 1.165) is 70.6 Å². The van der Waals surface area contributed by atoms with E-state index in [9.17, 15) is 19.0 Å². The number of carbonyl (C=O) groups excluding carboxylic acids is 2. The molecule has 58 heavy (non-hydrogen) atoms. The Kier molecular flexibility index (Phi) is 39.4. The number of nitrogens with zero attached hydrogens (tertiary/aromatic N) is 1. The SMILES string of the molecule is CCCCCC/C=C\CCCCCCCC(=O)OCC(COP(=O)([O-])OCC[N+](C)(C)C)OC(=O)CCCCCCCCCCC/C=C\C/C=C\CCCCCCC. The second kappa shape index (κ2) is 40.6. The van der Waals surface area contributed by atoms with Gasteiger partial charge in [-0.25, -0.2) is 0 Å². The summed E-state index contributed by atoms with van der Waals surface area (Å²) in [5, 5.41) is 0. The summed E-state index contributed by atoms with van der Waals surface area (Å²) in [6.07, 6.45) is 46.0. The lowest BCUT2D eigenvalue weighted by atomic mass is 10.1. The van der Waals surface area contributed by atoms with Crippen molar-refractivity contribution < 1.29 is 42.1 Å². The van der Waals surface area contributed by atoms with Crippen molar-refractivity contribution in [3.05, 3.63) is 36.5 Å². The van der Waals surface area contributed by atoms with Crippen LogP contribution < -0.4 is 4.89 Å². The third-order valence-electron chi connectivity index (χ3n) is 10.1. The fourth-order valence-electron chi connectivity index (χ4n) is 6.39. The topological polar surface area (TPSA) is 111 Å². The van der Waals surface area contributed by atoms with Crippen LogP contribution in [-0.4, -0.2) is 70.0 Å². The van der Waals surface area contributed by atoms with Crippen LogP contribution in [0.2, 0.25) is 0 Å². The van der Waals surface area contributed by atoms with Crippen molar-refractivity contribution in [3.63, 3.8) is 0 Å². The van der Waals surface area contributed by atoms with Gasteiger partial charge in [0.05, 0.1) is 27.7 Å². The molecule has 0 amide bonds. The average Bonchev–Trinajstić information content (AvgIpc) is 3.17. The zero-order chi connectivity index (χ0) is 42.8. The summed E-state index contributed by atoms with van der Waals surface area (Å²) in [6, 6.07) is 0. The van der Waals surface area contributed by atoms with E-state index in [4.69, 9.17) is 18.5 Å². The van der Waals surface area contributed by atoms with Gasteiger partial charge in [0, 0.05) is 12.8 Å². The van der Waals surface area contributed by atoms with Crippen LogP contribution in [-0.2, 0) is 32.7 Å². The van der Waals surface area contributed by atoms with E-state index in [1.54, 1.807) is 0 Å². The van der Waals surface area contributed by atoms with Crippen LogP contribution in [0.4, 0.5) is 0 Å². The standard InChI is InChI=1S/C48H90NO8P/c1-6-8-10-12-14-16-18-20-21-22-23-24-25-26-27-29-31-33-35-37-39-41-48(51)57-46(45-56-58(52,53)55-43-42-49(3,4)5)44-54-47(50)40-38-36-34-32-30-28-19-17-15-13-11-9-7-2/h17-20,22-23,46H,6-16,21,24-45H2,1-5H3/b19-17-,20-18-,23-22-. The Morgan fingerprint density at radius 1 is 0.534 bits per heavy atom. The van der Waals surface area contributed by atoms with Gasteiger partial charge >= 0.3 is 11.9 Å². The summed E-state index contributed by atoms with van der Waals surface area (Å²) >= 11 is 0. The summed E-state index contributed by atoms with van der Waals surface area (Å²) in [7, 11) is 1.16. The van der Waals surface area contributed by atoms with Gasteiger partial charge in [-0.2, -0.15) is 0 Å². The molecule has 0 rings (SSSR count). The maximum absolute atomic E-state index is 12.7. The van der Waals surface area contributed by atoms with Crippen molar-refractivity contribution in [2.75, 3.05) is 47.5 Å². The molecule has 2 unspecified atom stereocenters. The lowest BCUT2D eigenvalue weighted by molar-refractivity contribution is -0.870. The largest absolute Gasteiger partial charge is 0.756 e. The third-order valence-corrected chi connectivity index (χ3v) is 11.1. The fourth-order valence-corrected chi connectivity index (χ4v) is 7.11. The van der Waals surface area contributed by atoms with Crippen molar-refractivity contribution in [2.45, 2.75) is 213 Å². The van der Waals surface area contributed by atoms with Crippen LogP contribution in [0.3, 0.4) is 0 Å². The van der Waals surface area contributed by atoms with Gasteiger partial charge in [0.1, 0.15) is 19.8 Å². The molecule has 0 fully saturated rings. The Morgan fingerprint density at radius 2 is 0.931 bits per heavy atom. The number of esters is 2. The van der Waals surface area contributed by atoms with Crippen LogP contribution in [0.25, 0.3) is 0 Å². The number of carbonyl (C=O) groups is 2. The quantitative estimate of drug-likeness (QED) is 0.0196. The number of quaternary nitrogens is 1. The van der Waals surface area contributed by atoms with Crippen molar-refractivity contribution in [1.29, 1.82) is 0 Å². The third kappa shape index (κ3) is 43.8. The molecule has 340 valence electrons. The second-order valence-corrected chi connectivity index (χ2v) is 18.5. The first-order chi connectivity index (χ1) is 28.0. The molecule has 0 N–H and O–H groups in total. The van der Waals surface area contributed by atoms with E-state index in [-0.39, 0.29) is 26.1 Å². The van der Waals surface area contributed by atoms with Gasteiger partial charge in [0.2, 0.25) is 0 Å². The summed E-state index contributed by atoms with van der Waals surface area (Å²) in [6.45, 7) is 4.20. The molecule has 0 radical (unpaired) electrons. The Labute approximate surface area is 357 Å². The number of rotatable bonds is 43. The average molecular weight is 840 g/mol. The number of phosphoric ester groups is 1. The maximum atomic E-state index is 12.7. The molecule has 0 aliphatic heterocycles.